The fourth-order valence-corrected chi connectivity index (χ4v) is 2.74. The number of aryl methyl sites for hydroxylation is 1. The SMILES string of the molecule is CCCCOc1ccc(Cl)cc1C(=O)Nc1ccc(Br)cc1C. The number of anilines is 1. The molecular weight excluding hydrogens is 378 g/mol. The number of benzene rings is 2. The predicted octanol–water partition coefficient (Wildman–Crippen LogP) is 5.84. The van der Waals surface area contributed by atoms with Crippen LogP contribution in [0.3, 0.4) is 0 Å². The fraction of sp³-hybridized carbons (Fsp3) is 0.278. The Kier molecular flexibility index (Phi) is 6.48. The highest BCUT2D eigenvalue weighted by Crippen LogP contribution is 2.26. The lowest BCUT2D eigenvalue weighted by Crippen LogP contribution is -2.14. The molecule has 0 aromatic heterocycles. The molecule has 2 rings (SSSR count). The van der Waals surface area contributed by atoms with Crippen molar-refractivity contribution in [2.45, 2.75) is 26.7 Å². The highest BCUT2D eigenvalue weighted by Gasteiger charge is 2.14. The largest absolute Gasteiger partial charge is 0.493 e. The first-order valence-corrected chi connectivity index (χ1v) is 8.68. The van der Waals surface area contributed by atoms with E-state index in [-0.39, 0.29) is 5.91 Å². The van der Waals surface area contributed by atoms with Gasteiger partial charge in [0, 0.05) is 15.2 Å². The van der Waals surface area contributed by atoms with Gasteiger partial charge in [-0.25, -0.2) is 0 Å². The van der Waals surface area contributed by atoms with Crippen molar-refractivity contribution < 1.29 is 9.53 Å². The minimum Gasteiger partial charge on any atom is -0.493 e. The van der Waals surface area contributed by atoms with Gasteiger partial charge in [0.25, 0.3) is 5.91 Å². The molecule has 0 heterocycles. The molecule has 0 fully saturated rings. The third kappa shape index (κ3) is 4.98. The summed E-state index contributed by atoms with van der Waals surface area (Å²) in [4.78, 5) is 12.6. The van der Waals surface area contributed by atoms with Gasteiger partial charge in [0.2, 0.25) is 0 Å². The molecule has 0 saturated carbocycles. The van der Waals surface area contributed by atoms with E-state index in [9.17, 15) is 4.79 Å². The van der Waals surface area contributed by atoms with E-state index in [0.717, 1.165) is 28.6 Å². The number of rotatable bonds is 6. The lowest BCUT2D eigenvalue weighted by molar-refractivity contribution is 0.102. The third-order valence-electron chi connectivity index (χ3n) is 3.38. The van der Waals surface area contributed by atoms with Crippen molar-refractivity contribution in [3.63, 3.8) is 0 Å². The first kappa shape index (κ1) is 17.8. The van der Waals surface area contributed by atoms with E-state index in [0.29, 0.717) is 22.9 Å². The third-order valence-corrected chi connectivity index (χ3v) is 4.11. The lowest BCUT2D eigenvalue weighted by atomic mass is 10.1. The second-order valence-corrected chi connectivity index (χ2v) is 6.61. The van der Waals surface area contributed by atoms with Crippen LogP contribution in [-0.2, 0) is 0 Å². The number of unbranched alkanes of at least 4 members (excludes halogenated alkanes) is 1. The number of hydrogen-bond donors (Lipinski definition) is 1. The van der Waals surface area contributed by atoms with E-state index < -0.39 is 0 Å². The molecule has 0 spiro atoms. The quantitative estimate of drug-likeness (QED) is 0.623. The van der Waals surface area contributed by atoms with Crippen molar-refractivity contribution in [2.24, 2.45) is 0 Å². The van der Waals surface area contributed by atoms with Crippen LogP contribution < -0.4 is 10.1 Å². The molecule has 122 valence electrons. The Balaban J connectivity index is 2.21. The molecule has 1 amide bonds. The Hall–Kier alpha value is -1.52. The van der Waals surface area contributed by atoms with Gasteiger partial charge >= 0.3 is 0 Å². The van der Waals surface area contributed by atoms with Gasteiger partial charge in [-0.2, -0.15) is 0 Å². The van der Waals surface area contributed by atoms with E-state index in [1.54, 1.807) is 18.2 Å². The second-order valence-electron chi connectivity index (χ2n) is 5.26. The molecule has 0 aliphatic heterocycles. The average molecular weight is 397 g/mol. The highest BCUT2D eigenvalue weighted by molar-refractivity contribution is 9.10. The molecular formula is C18H19BrClNO2. The maximum Gasteiger partial charge on any atom is 0.259 e. The summed E-state index contributed by atoms with van der Waals surface area (Å²) in [5, 5.41) is 3.42. The van der Waals surface area contributed by atoms with E-state index in [1.807, 2.05) is 25.1 Å². The van der Waals surface area contributed by atoms with Gasteiger partial charge in [-0.15, -0.1) is 0 Å². The number of nitrogens with one attached hydrogen (secondary N) is 1. The van der Waals surface area contributed by atoms with Crippen molar-refractivity contribution in [1.29, 1.82) is 0 Å². The van der Waals surface area contributed by atoms with E-state index in [2.05, 4.69) is 28.2 Å². The molecule has 23 heavy (non-hydrogen) atoms. The van der Waals surface area contributed by atoms with Gasteiger partial charge in [0.15, 0.2) is 0 Å². The van der Waals surface area contributed by atoms with Crippen LogP contribution in [0, 0.1) is 6.92 Å². The maximum atomic E-state index is 12.6. The summed E-state index contributed by atoms with van der Waals surface area (Å²) in [6.45, 7) is 4.61. The summed E-state index contributed by atoms with van der Waals surface area (Å²) in [6.07, 6.45) is 1.97. The molecule has 0 aliphatic rings. The topological polar surface area (TPSA) is 38.3 Å². The number of hydrogen-bond acceptors (Lipinski definition) is 2. The molecule has 2 aromatic rings. The van der Waals surface area contributed by atoms with Gasteiger partial charge in [-0.05, 0) is 55.3 Å². The molecule has 0 saturated heterocycles. The summed E-state index contributed by atoms with van der Waals surface area (Å²) in [5.74, 6) is 0.319. The summed E-state index contributed by atoms with van der Waals surface area (Å²) in [6, 6.07) is 10.8. The van der Waals surface area contributed by atoms with Gasteiger partial charge in [0.1, 0.15) is 5.75 Å². The summed E-state index contributed by atoms with van der Waals surface area (Å²) >= 11 is 9.45. The number of amides is 1. The zero-order chi connectivity index (χ0) is 16.8. The molecule has 0 unspecified atom stereocenters. The van der Waals surface area contributed by atoms with Crippen molar-refractivity contribution in [3.8, 4) is 5.75 Å². The monoisotopic (exact) mass is 395 g/mol. The number of carbonyl (C=O) groups is 1. The number of halogens is 2. The van der Waals surface area contributed by atoms with Crippen LogP contribution in [0.2, 0.25) is 5.02 Å². The molecule has 1 N–H and O–H groups in total. The van der Waals surface area contributed by atoms with Crippen LogP contribution in [0.4, 0.5) is 5.69 Å². The Morgan fingerprint density at radius 1 is 1.26 bits per heavy atom. The van der Waals surface area contributed by atoms with Crippen molar-refractivity contribution in [3.05, 3.63) is 57.0 Å². The first-order valence-electron chi connectivity index (χ1n) is 7.51. The number of ether oxygens (including phenoxy) is 1. The molecule has 0 radical (unpaired) electrons. The second kappa shape index (κ2) is 8.37. The molecule has 0 aliphatic carbocycles. The lowest BCUT2D eigenvalue weighted by Gasteiger charge is -2.13. The Labute approximate surface area is 150 Å². The minimum atomic E-state index is -0.232. The van der Waals surface area contributed by atoms with Crippen molar-refractivity contribution >= 4 is 39.1 Å². The zero-order valence-electron chi connectivity index (χ0n) is 13.2. The Bertz CT molecular complexity index is 703. The van der Waals surface area contributed by atoms with Gasteiger partial charge < -0.3 is 10.1 Å². The normalized spacial score (nSPS) is 10.4. The molecule has 0 bridgehead atoms. The summed E-state index contributed by atoms with van der Waals surface area (Å²) < 4.78 is 6.69. The van der Waals surface area contributed by atoms with Crippen LogP contribution in [0.25, 0.3) is 0 Å². The average Bonchev–Trinajstić information content (AvgIpc) is 2.51. The number of carbonyl (C=O) groups excluding carboxylic acids is 1. The highest BCUT2D eigenvalue weighted by atomic mass is 79.9. The Morgan fingerprint density at radius 3 is 2.74 bits per heavy atom. The van der Waals surface area contributed by atoms with Crippen molar-refractivity contribution in [2.75, 3.05) is 11.9 Å². The van der Waals surface area contributed by atoms with Gasteiger partial charge in [-0.1, -0.05) is 40.9 Å². The molecule has 2 aromatic carbocycles. The minimum absolute atomic E-state index is 0.232. The van der Waals surface area contributed by atoms with Crippen LogP contribution >= 0.6 is 27.5 Å². The zero-order valence-corrected chi connectivity index (χ0v) is 15.5. The van der Waals surface area contributed by atoms with Crippen LogP contribution in [0.1, 0.15) is 35.7 Å². The summed E-state index contributed by atoms with van der Waals surface area (Å²) in [5.41, 5.74) is 2.18. The van der Waals surface area contributed by atoms with Gasteiger partial charge in [-0.3, -0.25) is 4.79 Å². The predicted molar refractivity (Wildman–Crippen MR) is 98.7 cm³/mol. The Morgan fingerprint density at radius 2 is 2.04 bits per heavy atom. The summed E-state index contributed by atoms with van der Waals surface area (Å²) in [7, 11) is 0. The molecule has 3 nitrogen and oxygen atoms in total. The standard InChI is InChI=1S/C18H19BrClNO2/c1-3-4-9-23-17-8-6-14(20)11-15(17)18(22)21-16-7-5-13(19)10-12(16)2/h5-8,10-11H,3-4,9H2,1-2H3,(H,21,22). The van der Waals surface area contributed by atoms with Crippen molar-refractivity contribution in [1.82, 2.24) is 0 Å². The van der Waals surface area contributed by atoms with Crippen LogP contribution in [0.15, 0.2) is 40.9 Å². The first-order chi connectivity index (χ1) is 11.0. The maximum absolute atomic E-state index is 12.6. The molecule has 0 atom stereocenters. The van der Waals surface area contributed by atoms with Gasteiger partial charge in [0.05, 0.1) is 12.2 Å². The van der Waals surface area contributed by atoms with E-state index >= 15 is 0 Å². The van der Waals surface area contributed by atoms with E-state index in [4.69, 9.17) is 16.3 Å². The van der Waals surface area contributed by atoms with E-state index in [1.165, 1.54) is 0 Å². The fourth-order valence-electron chi connectivity index (χ4n) is 2.09. The van der Waals surface area contributed by atoms with Crippen LogP contribution in [-0.4, -0.2) is 12.5 Å². The smallest absolute Gasteiger partial charge is 0.259 e. The molecule has 5 heteroatoms. The van der Waals surface area contributed by atoms with Crippen LogP contribution in [0.5, 0.6) is 5.75 Å².